The van der Waals surface area contributed by atoms with Crippen LogP contribution in [0.15, 0.2) is 17.8 Å². The van der Waals surface area contributed by atoms with Gasteiger partial charge in [-0.1, -0.05) is 11.3 Å². The highest BCUT2D eigenvalue weighted by Crippen LogP contribution is 2.06. The Kier molecular flexibility index (Phi) is 5.51. The molecule has 0 aromatic carbocycles. The first kappa shape index (κ1) is 14.4. The van der Waals surface area contributed by atoms with Gasteiger partial charge in [-0.15, -0.1) is 0 Å². The van der Waals surface area contributed by atoms with Crippen LogP contribution in [0.4, 0.5) is 0 Å². The Morgan fingerprint density at radius 1 is 1.33 bits per heavy atom. The largest absolute Gasteiger partial charge is 0.463 e. The van der Waals surface area contributed by atoms with E-state index in [0.29, 0.717) is 0 Å². The number of carbonyl (C=O) groups is 2. The van der Waals surface area contributed by atoms with Gasteiger partial charge in [-0.05, 0) is 20.8 Å². The number of hydrogen-bond acceptors (Lipinski definition) is 5. The molecule has 0 saturated heterocycles. The molecule has 1 aromatic heterocycles. The molecule has 0 unspecified atom stereocenters. The van der Waals surface area contributed by atoms with Crippen LogP contribution in [-0.4, -0.2) is 25.2 Å². The van der Waals surface area contributed by atoms with Gasteiger partial charge in [0.1, 0.15) is 6.08 Å². The lowest BCUT2D eigenvalue weighted by Gasteiger charge is -2.00. The summed E-state index contributed by atoms with van der Waals surface area (Å²) in [5, 5.41) is 0. The van der Waals surface area contributed by atoms with Crippen LogP contribution in [0.1, 0.15) is 18.7 Å². The van der Waals surface area contributed by atoms with E-state index in [1.807, 2.05) is 6.92 Å². The molecule has 5 nitrogen and oxygen atoms in total. The molecule has 0 fully saturated rings. The fourth-order valence-electron chi connectivity index (χ4n) is 1.26. The molecule has 0 amide bonds. The van der Waals surface area contributed by atoms with E-state index in [0.717, 1.165) is 11.0 Å². The van der Waals surface area contributed by atoms with Crippen molar-refractivity contribution in [3.63, 3.8) is 0 Å². The lowest BCUT2D eigenvalue weighted by molar-refractivity contribution is -0.573. The van der Waals surface area contributed by atoms with Gasteiger partial charge in [-0.2, -0.15) is 4.57 Å². The van der Waals surface area contributed by atoms with Crippen molar-refractivity contribution < 1.29 is 23.6 Å². The molecule has 98 valence electrons. The number of ether oxygens (including phenoxy) is 2. The van der Waals surface area contributed by atoms with E-state index in [1.54, 1.807) is 30.1 Å². The number of aromatic nitrogens is 1. The first-order chi connectivity index (χ1) is 8.58. The molecule has 0 saturated carbocycles. The van der Waals surface area contributed by atoms with Gasteiger partial charge >= 0.3 is 17.6 Å². The Hall–Kier alpha value is -1.69. The topological polar surface area (TPSA) is 56.5 Å². The normalized spacial score (nSPS) is 11.2. The number of thiazole rings is 1. The highest BCUT2D eigenvalue weighted by Gasteiger charge is 2.24. The molecule has 0 spiro atoms. The second kappa shape index (κ2) is 6.90. The molecule has 0 radical (unpaired) electrons. The fourth-order valence-corrected chi connectivity index (χ4v) is 1.89. The third kappa shape index (κ3) is 3.96. The van der Waals surface area contributed by atoms with Gasteiger partial charge in [0.2, 0.25) is 5.51 Å². The molecule has 18 heavy (non-hydrogen) atoms. The van der Waals surface area contributed by atoms with Crippen LogP contribution < -0.4 is 4.57 Å². The number of carbonyl (C=O) groups excluding carboxylic acids is 2. The summed E-state index contributed by atoms with van der Waals surface area (Å²) in [6, 6.07) is 0. The van der Waals surface area contributed by atoms with Gasteiger partial charge in [0, 0.05) is 0 Å². The fraction of sp³-hybridized carbons (Fsp3) is 0.417. The standard InChI is InChI=1S/C12H16NO4S/c1-4-16-11(14)6-10(12(15)17-5-2)13-7-9(3)18-8-13/h6-8H,4-5H2,1-3H3/q+1/b10-6+. The second-order valence-electron chi connectivity index (χ2n) is 3.37. The van der Waals surface area contributed by atoms with Gasteiger partial charge in [-0.3, -0.25) is 0 Å². The molecule has 1 rings (SSSR count). The molecule has 1 heterocycles. The third-order valence-electron chi connectivity index (χ3n) is 1.98. The summed E-state index contributed by atoms with van der Waals surface area (Å²) in [7, 11) is 0. The monoisotopic (exact) mass is 270 g/mol. The van der Waals surface area contributed by atoms with Gasteiger partial charge in [0.05, 0.1) is 18.1 Å². The summed E-state index contributed by atoms with van der Waals surface area (Å²) < 4.78 is 11.3. The van der Waals surface area contributed by atoms with Gasteiger partial charge in [0.25, 0.3) is 0 Å². The second-order valence-corrected chi connectivity index (χ2v) is 4.46. The van der Waals surface area contributed by atoms with Crippen molar-refractivity contribution in [3.05, 3.63) is 22.7 Å². The van der Waals surface area contributed by atoms with Crippen LogP contribution in [0.5, 0.6) is 0 Å². The van der Waals surface area contributed by atoms with Crippen molar-refractivity contribution in [3.8, 4) is 0 Å². The van der Waals surface area contributed by atoms with Crippen LogP contribution in [0.25, 0.3) is 5.70 Å². The number of esters is 2. The van der Waals surface area contributed by atoms with E-state index < -0.39 is 11.9 Å². The van der Waals surface area contributed by atoms with Crippen molar-refractivity contribution in [2.24, 2.45) is 0 Å². The van der Waals surface area contributed by atoms with Gasteiger partial charge < -0.3 is 9.47 Å². The van der Waals surface area contributed by atoms with Crippen LogP contribution in [-0.2, 0) is 19.1 Å². The molecule has 0 N–H and O–H groups in total. The van der Waals surface area contributed by atoms with Crippen molar-refractivity contribution in [1.29, 1.82) is 0 Å². The van der Waals surface area contributed by atoms with Crippen LogP contribution >= 0.6 is 11.3 Å². The third-order valence-corrected chi connectivity index (χ3v) is 2.79. The molecule has 6 heteroatoms. The average molecular weight is 270 g/mol. The Bertz CT molecular complexity index is 464. The zero-order valence-corrected chi connectivity index (χ0v) is 11.5. The van der Waals surface area contributed by atoms with Gasteiger partial charge in [0.15, 0.2) is 6.20 Å². The molecule has 0 aliphatic rings. The first-order valence-corrected chi connectivity index (χ1v) is 6.48. The summed E-state index contributed by atoms with van der Waals surface area (Å²) in [6.45, 7) is 5.84. The van der Waals surface area contributed by atoms with E-state index in [2.05, 4.69) is 0 Å². The van der Waals surface area contributed by atoms with Crippen LogP contribution in [0, 0.1) is 6.92 Å². The number of nitrogens with zero attached hydrogens (tertiary/aromatic N) is 1. The minimum Gasteiger partial charge on any atom is -0.463 e. The van der Waals surface area contributed by atoms with Crippen LogP contribution in [0.2, 0.25) is 0 Å². The molecule has 0 atom stereocenters. The number of hydrogen-bond donors (Lipinski definition) is 0. The minimum atomic E-state index is -0.558. The van der Waals surface area contributed by atoms with E-state index in [4.69, 9.17) is 9.47 Å². The predicted molar refractivity (Wildman–Crippen MR) is 66.8 cm³/mol. The predicted octanol–water partition coefficient (Wildman–Crippen LogP) is 1.31. The van der Waals surface area contributed by atoms with Crippen molar-refractivity contribution >= 4 is 29.0 Å². The van der Waals surface area contributed by atoms with Crippen molar-refractivity contribution in [2.45, 2.75) is 20.8 Å². The summed E-state index contributed by atoms with van der Waals surface area (Å²) in [4.78, 5) is 24.2. The lowest BCUT2D eigenvalue weighted by Crippen LogP contribution is -2.35. The quantitative estimate of drug-likeness (QED) is 0.460. The Morgan fingerprint density at radius 2 is 2.00 bits per heavy atom. The maximum Gasteiger partial charge on any atom is 0.404 e. The lowest BCUT2D eigenvalue weighted by atomic mass is 10.4. The summed E-state index contributed by atoms with van der Waals surface area (Å²) in [5.74, 6) is -1.11. The molecule has 0 aliphatic heterocycles. The summed E-state index contributed by atoms with van der Waals surface area (Å²) in [6.07, 6.45) is 2.90. The molecule has 1 aromatic rings. The molecule has 0 aliphatic carbocycles. The van der Waals surface area contributed by atoms with E-state index in [9.17, 15) is 9.59 Å². The highest BCUT2D eigenvalue weighted by atomic mass is 32.1. The van der Waals surface area contributed by atoms with E-state index in [-0.39, 0.29) is 18.9 Å². The zero-order chi connectivity index (χ0) is 13.5. The average Bonchev–Trinajstić information content (AvgIpc) is 2.73. The zero-order valence-electron chi connectivity index (χ0n) is 10.6. The maximum atomic E-state index is 11.8. The number of aryl methyl sites for hydroxylation is 1. The first-order valence-electron chi connectivity index (χ1n) is 5.60. The maximum absolute atomic E-state index is 11.8. The van der Waals surface area contributed by atoms with E-state index >= 15 is 0 Å². The SMILES string of the molecule is CCOC(=O)/C=C(\C(=O)OCC)[n+]1csc(C)c1. The van der Waals surface area contributed by atoms with Crippen molar-refractivity contribution in [1.82, 2.24) is 0 Å². The Balaban J connectivity index is 3.02. The highest BCUT2D eigenvalue weighted by molar-refractivity contribution is 7.09. The molecular formula is C12H16NO4S+. The summed E-state index contributed by atoms with van der Waals surface area (Å²) in [5.41, 5.74) is 1.89. The smallest absolute Gasteiger partial charge is 0.404 e. The Morgan fingerprint density at radius 3 is 2.50 bits per heavy atom. The Labute approximate surface area is 110 Å². The number of rotatable bonds is 5. The van der Waals surface area contributed by atoms with Crippen molar-refractivity contribution in [2.75, 3.05) is 13.2 Å². The molecule has 0 bridgehead atoms. The summed E-state index contributed by atoms with van der Waals surface area (Å²) >= 11 is 1.47. The van der Waals surface area contributed by atoms with E-state index in [1.165, 1.54) is 11.3 Å². The minimum absolute atomic E-state index is 0.152. The molecular weight excluding hydrogens is 254 g/mol. The van der Waals surface area contributed by atoms with Crippen LogP contribution in [0.3, 0.4) is 0 Å². The van der Waals surface area contributed by atoms with Gasteiger partial charge in [-0.25, -0.2) is 9.59 Å².